The van der Waals surface area contributed by atoms with E-state index in [1.54, 1.807) is 4.90 Å². The third-order valence-corrected chi connectivity index (χ3v) is 6.03. The molecule has 0 aromatic heterocycles. The minimum absolute atomic E-state index is 0.158. The summed E-state index contributed by atoms with van der Waals surface area (Å²) in [5.41, 5.74) is 1.06. The zero-order valence-electron chi connectivity index (χ0n) is 17.3. The Morgan fingerprint density at radius 2 is 1.96 bits per heavy atom. The average molecular weight is 390 g/mol. The summed E-state index contributed by atoms with van der Waals surface area (Å²) in [6.45, 7) is 3.68. The Morgan fingerprint density at radius 3 is 2.71 bits per heavy atom. The largest absolute Gasteiger partial charge is 0.491 e. The van der Waals surface area contributed by atoms with Gasteiger partial charge in [-0.3, -0.25) is 9.69 Å². The molecule has 156 valence electrons. The van der Waals surface area contributed by atoms with Crippen molar-refractivity contribution in [2.45, 2.75) is 50.8 Å². The molecule has 1 aromatic rings. The van der Waals surface area contributed by atoms with Gasteiger partial charge in [-0.05, 0) is 26.0 Å². The summed E-state index contributed by atoms with van der Waals surface area (Å²) in [5, 5.41) is 10.5. The molecule has 0 unspecified atom stereocenters. The van der Waals surface area contributed by atoms with Crippen molar-refractivity contribution in [3.05, 3.63) is 29.8 Å². The van der Waals surface area contributed by atoms with Crippen LogP contribution in [0.4, 0.5) is 0 Å². The molecule has 1 N–H and O–H groups in total. The maximum atomic E-state index is 11.9. The molecule has 1 aliphatic carbocycles. The third-order valence-electron chi connectivity index (χ3n) is 6.03. The first kappa shape index (κ1) is 21.1. The molecule has 6 heteroatoms. The summed E-state index contributed by atoms with van der Waals surface area (Å²) in [7, 11) is 3.96. The Balaban J connectivity index is 1.49. The third kappa shape index (κ3) is 5.93. The van der Waals surface area contributed by atoms with Gasteiger partial charge >= 0.3 is 0 Å². The number of benzene rings is 1. The highest BCUT2D eigenvalue weighted by Crippen LogP contribution is 2.23. The molecule has 1 saturated carbocycles. The van der Waals surface area contributed by atoms with Gasteiger partial charge in [0.15, 0.2) is 0 Å². The lowest BCUT2D eigenvalue weighted by atomic mass is 9.94. The summed E-state index contributed by atoms with van der Waals surface area (Å²) < 4.78 is 5.98. The summed E-state index contributed by atoms with van der Waals surface area (Å²) in [6.07, 6.45) is 5.89. The van der Waals surface area contributed by atoms with Crippen molar-refractivity contribution in [2.75, 3.05) is 46.9 Å². The molecule has 1 aromatic carbocycles. The number of amides is 1. The summed E-state index contributed by atoms with van der Waals surface area (Å²) >= 11 is 0. The lowest BCUT2D eigenvalue weighted by Crippen LogP contribution is -2.48. The number of hydrogen-bond donors (Lipinski definition) is 1. The molecule has 1 aliphatic heterocycles. The highest BCUT2D eigenvalue weighted by atomic mass is 16.5. The number of carbonyl (C=O) groups is 1. The monoisotopic (exact) mass is 389 g/mol. The zero-order chi connectivity index (χ0) is 19.9. The minimum atomic E-state index is -0.509. The molecule has 1 heterocycles. The van der Waals surface area contributed by atoms with Gasteiger partial charge in [0.25, 0.3) is 0 Å². The second-order valence-corrected chi connectivity index (χ2v) is 8.33. The van der Waals surface area contributed by atoms with E-state index in [-0.39, 0.29) is 12.5 Å². The molecule has 0 radical (unpaired) electrons. The standard InChI is InChI=1S/C22H35N3O3/c1-23-12-13-25(16-22(23)27)14-18-8-6-7-11-21(18)28-17-20(26)15-24(2)19-9-4-3-5-10-19/h6-8,11,19-20,26H,3-5,9-10,12-17H2,1-2H3/t20-/m0/s1. The lowest BCUT2D eigenvalue weighted by molar-refractivity contribution is -0.134. The first-order valence-electron chi connectivity index (χ1n) is 10.6. The van der Waals surface area contributed by atoms with Gasteiger partial charge in [-0.1, -0.05) is 37.5 Å². The van der Waals surface area contributed by atoms with Crippen LogP contribution in [0.1, 0.15) is 37.7 Å². The lowest BCUT2D eigenvalue weighted by Gasteiger charge is -2.33. The van der Waals surface area contributed by atoms with Gasteiger partial charge in [-0.2, -0.15) is 0 Å². The van der Waals surface area contributed by atoms with E-state index < -0.39 is 6.10 Å². The van der Waals surface area contributed by atoms with Gasteiger partial charge in [0.05, 0.1) is 6.54 Å². The van der Waals surface area contributed by atoms with E-state index in [0.717, 1.165) is 24.4 Å². The van der Waals surface area contributed by atoms with Crippen molar-refractivity contribution < 1.29 is 14.6 Å². The number of piperazine rings is 1. The Bertz CT molecular complexity index is 633. The first-order chi connectivity index (χ1) is 13.5. The van der Waals surface area contributed by atoms with Crippen LogP contribution in [0.2, 0.25) is 0 Å². The fraction of sp³-hybridized carbons (Fsp3) is 0.682. The van der Waals surface area contributed by atoms with E-state index in [1.807, 2.05) is 31.3 Å². The molecule has 6 nitrogen and oxygen atoms in total. The van der Waals surface area contributed by atoms with Crippen LogP contribution in [0.5, 0.6) is 5.75 Å². The smallest absolute Gasteiger partial charge is 0.236 e. The fourth-order valence-electron chi connectivity index (χ4n) is 4.20. The normalized spacial score (nSPS) is 20.6. The number of likely N-dealkylation sites (N-methyl/N-ethyl adjacent to an activating group) is 2. The number of nitrogens with zero attached hydrogens (tertiary/aromatic N) is 3. The summed E-state index contributed by atoms with van der Waals surface area (Å²) in [5.74, 6) is 0.957. The topological polar surface area (TPSA) is 56.2 Å². The van der Waals surface area contributed by atoms with Crippen LogP contribution in [0.25, 0.3) is 0 Å². The van der Waals surface area contributed by atoms with Crippen molar-refractivity contribution in [1.82, 2.24) is 14.7 Å². The van der Waals surface area contributed by atoms with E-state index in [0.29, 0.717) is 25.7 Å². The van der Waals surface area contributed by atoms with Gasteiger partial charge in [-0.25, -0.2) is 0 Å². The van der Waals surface area contributed by atoms with Crippen molar-refractivity contribution in [3.63, 3.8) is 0 Å². The number of hydrogen-bond acceptors (Lipinski definition) is 5. The van der Waals surface area contributed by atoms with E-state index >= 15 is 0 Å². The molecule has 2 fully saturated rings. The van der Waals surface area contributed by atoms with E-state index in [4.69, 9.17) is 4.74 Å². The van der Waals surface area contributed by atoms with Crippen LogP contribution in [0.3, 0.4) is 0 Å². The maximum absolute atomic E-state index is 11.9. The molecule has 0 bridgehead atoms. The highest BCUT2D eigenvalue weighted by molar-refractivity contribution is 5.78. The van der Waals surface area contributed by atoms with E-state index in [1.165, 1.54) is 32.1 Å². The Kier molecular flexibility index (Phi) is 7.71. The molecule has 1 amide bonds. The number of rotatable bonds is 8. The Morgan fingerprint density at radius 1 is 1.21 bits per heavy atom. The van der Waals surface area contributed by atoms with Gasteiger partial charge in [0.2, 0.25) is 5.91 Å². The zero-order valence-corrected chi connectivity index (χ0v) is 17.3. The molecule has 1 atom stereocenters. The second kappa shape index (κ2) is 10.2. The van der Waals surface area contributed by atoms with Crippen LogP contribution in [-0.2, 0) is 11.3 Å². The Labute approximate surface area is 169 Å². The molecule has 1 saturated heterocycles. The fourth-order valence-corrected chi connectivity index (χ4v) is 4.20. The summed E-state index contributed by atoms with van der Waals surface area (Å²) in [6, 6.07) is 8.52. The number of carbonyl (C=O) groups excluding carboxylic acids is 1. The molecule has 28 heavy (non-hydrogen) atoms. The van der Waals surface area contributed by atoms with Gasteiger partial charge < -0.3 is 19.6 Å². The summed E-state index contributed by atoms with van der Waals surface area (Å²) in [4.78, 5) is 18.2. The van der Waals surface area contributed by atoms with Crippen LogP contribution < -0.4 is 4.74 Å². The predicted molar refractivity (Wildman–Crippen MR) is 110 cm³/mol. The minimum Gasteiger partial charge on any atom is -0.491 e. The number of para-hydroxylation sites is 1. The van der Waals surface area contributed by atoms with Crippen molar-refractivity contribution in [2.24, 2.45) is 0 Å². The predicted octanol–water partition coefficient (Wildman–Crippen LogP) is 1.96. The average Bonchev–Trinajstić information content (AvgIpc) is 2.71. The van der Waals surface area contributed by atoms with Crippen molar-refractivity contribution in [1.29, 1.82) is 0 Å². The number of aliphatic hydroxyl groups is 1. The van der Waals surface area contributed by atoms with E-state index in [2.05, 4.69) is 16.8 Å². The second-order valence-electron chi connectivity index (χ2n) is 8.33. The van der Waals surface area contributed by atoms with Crippen LogP contribution in [0.15, 0.2) is 24.3 Å². The highest BCUT2D eigenvalue weighted by Gasteiger charge is 2.23. The van der Waals surface area contributed by atoms with Gasteiger partial charge in [0, 0.05) is 44.8 Å². The van der Waals surface area contributed by atoms with Crippen LogP contribution in [0, 0.1) is 0 Å². The van der Waals surface area contributed by atoms with E-state index in [9.17, 15) is 9.90 Å². The first-order valence-corrected chi connectivity index (χ1v) is 10.6. The molecule has 0 spiro atoms. The molecular weight excluding hydrogens is 354 g/mol. The Hall–Kier alpha value is -1.63. The van der Waals surface area contributed by atoms with Gasteiger partial charge in [0.1, 0.15) is 18.5 Å². The maximum Gasteiger partial charge on any atom is 0.236 e. The molecule has 3 rings (SSSR count). The number of ether oxygens (including phenoxy) is 1. The SMILES string of the molecule is CN1CCN(Cc2ccccc2OC[C@@H](O)CN(C)C2CCCCC2)CC1=O. The molecule has 2 aliphatic rings. The van der Waals surface area contributed by atoms with Crippen LogP contribution >= 0.6 is 0 Å². The van der Waals surface area contributed by atoms with Crippen molar-refractivity contribution >= 4 is 5.91 Å². The van der Waals surface area contributed by atoms with Crippen molar-refractivity contribution in [3.8, 4) is 5.75 Å². The quantitative estimate of drug-likeness (QED) is 0.737. The molecular formula is C22H35N3O3. The van der Waals surface area contributed by atoms with Gasteiger partial charge in [-0.15, -0.1) is 0 Å². The number of aliphatic hydroxyl groups excluding tert-OH is 1. The van der Waals surface area contributed by atoms with Crippen LogP contribution in [-0.4, -0.2) is 84.7 Å².